The van der Waals surface area contributed by atoms with Crippen molar-refractivity contribution < 1.29 is 19.4 Å². The van der Waals surface area contributed by atoms with E-state index in [1.165, 1.54) is 23.7 Å². The van der Waals surface area contributed by atoms with E-state index in [1.807, 2.05) is 18.2 Å². The molecular formula is C26H31NO4. The molecule has 164 valence electrons. The van der Waals surface area contributed by atoms with Crippen molar-refractivity contribution in [1.29, 1.82) is 0 Å². The number of carbonyl (C=O) groups is 1. The van der Waals surface area contributed by atoms with Gasteiger partial charge in [0.05, 0.1) is 0 Å². The third-order valence-electron chi connectivity index (χ3n) is 5.12. The minimum Gasteiger partial charge on any atom is -0.491 e. The number of para-hydroxylation sites is 1. The van der Waals surface area contributed by atoms with Crippen LogP contribution in [-0.4, -0.2) is 35.0 Å². The number of aryl methyl sites for hydroxylation is 1. The normalized spacial score (nSPS) is 12.0. The fourth-order valence-corrected chi connectivity index (χ4v) is 3.49. The van der Waals surface area contributed by atoms with Gasteiger partial charge < -0.3 is 19.1 Å². The molecule has 1 N–H and O–H groups in total. The van der Waals surface area contributed by atoms with Gasteiger partial charge in [-0.2, -0.15) is 0 Å². The molecule has 0 amide bonds. The molecule has 1 aromatic heterocycles. The zero-order valence-electron chi connectivity index (χ0n) is 18.3. The first-order chi connectivity index (χ1) is 15.0. The number of rotatable bonds is 11. The molecule has 0 saturated carbocycles. The number of nitrogens with zero attached hydrogens (tertiary/aromatic N) is 1. The number of ether oxygens (including phenoxy) is 2. The van der Waals surface area contributed by atoms with Gasteiger partial charge in [0.25, 0.3) is 0 Å². The van der Waals surface area contributed by atoms with Crippen LogP contribution in [0.5, 0.6) is 5.75 Å². The Labute approximate surface area is 183 Å². The van der Waals surface area contributed by atoms with Crippen molar-refractivity contribution in [2.45, 2.75) is 45.8 Å². The molecule has 3 aromatic rings. The molecule has 0 bridgehead atoms. The summed E-state index contributed by atoms with van der Waals surface area (Å²) in [5.41, 5.74) is 3.75. The second kappa shape index (κ2) is 10.8. The Morgan fingerprint density at radius 1 is 1.10 bits per heavy atom. The molecule has 1 atom stereocenters. The second-order valence-electron chi connectivity index (χ2n) is 7.82. The zero-order valence-corrected chi connectivity index (χ0v) is 18.3. The first-order valence-corrected chi connectivity index (χ1v) is 10.8. The van der Waals surface area contributed by atoms with Gasteiger partial charge in [0.1, 0.15) is 25.1 Å². The van der Waals surface area contributed by atoms with E-state index in [9.17, 15) is 9.90 Å². The Morgan fingerprint density at radius 2 is 1.90 bits per heavy atom. The fraction of sp³-hybridized carbons (Fsp3) is 0.346. The van der Waals surface area contributed by atoms with Gasteiger partial charge in [-0.3, -0.25) is 0 Å². The van der Waals surface area contributed by atoms with Crippen LogP contribution in [0, 0.1) is 0 Å². The van der Waals surface area contributed by atoms with E-state index in [4.69, 9.17) is 9.47 Å². The van der Waals surface area contributed by atoms with E-state index < -0.39 is 12.1 Å². The Kier molecular flexibility index (Phi) is 7.90. The summed E-state index contributed by atoms with van der Waals surface area (Å²) in [5.74, 6) is 0.144. The van der Waals surface area contributed by atoms with Crippen LogP contribution in [0.1, 0.15) is 33.1 Å². The van der Waals surface area contributed by atoms with E-state index in [0.717, 1.165) is 24.2 Å². The van der Waals surface area contributed by atoms with Crippen LogP contribution < -0.4 is 4.74 Å². The summed E-state index contributed by atoms with van der Waals surface area (Å²) in [4.78, 5) is 11.4. The number of aliphatic hydroxyl groups is 1. The summed E-state index contributed by atoms with van der Waals surface area (Å²) in [6.45, 7) is 8.17. The van der Waals surface area contributed by atoms with Gasteiger partial charge in [-0.15, -0.1) is 0 Å². The average Bonchev–Trinajstić information content (AvgIpc) is 3.15. The largest absolute Gasteiger partial charge is 0.491 e. The minimum atomic E-state index is -0.910. The molecule has 0 aliphatic heterocycles. The second-order valence-corrected chi connectivity index (χ2v) is 7.82. The van der Waals surface area contributed by atoms with E-state index in [2.05, 4.69) is 54.5 Å². The number of carbonyl (C=O) groups excluding carboxylic acids is 1. The highest BCUT2D eigenvalue weighted by atomic mass is 16.5. The third-order valence-corrected chi connectivity index (χ3v) is 5.12. The van der Waals surface area contributed by atoms with Crippen molar-refractivity contribution in [1.82, 2.24) is 4.57 Å². The van der Waals surface area contributed by atoms with Gasteiger partial charge in [0.2, 0.25) is 0 Å². The summed E-state index contributed by atoms with van der Waals surface area (Å²) in [7, 11) is 0. The minimum absolute atomic E-state index is 0.0341. The van der Waals surface area contributed by atoms with Crippen LogP contribution in [0.4, 0.5) is 0 Å². The Hall–Kier alpha value is -3.05. The molecule has 0 radical (unpaired) electrons. The number of aliphatic hydroxyl groups excluding tert-OH is 1. The molecule has 0 saturated heterocycles. The number of esters is 1. The lowest BCUT2D eigenvalue weighted by Gasteiger charge is -2.14. The molecule has 0 aliphatic carbocycles. The number of hydrogen-bond acceptors (Lipinski definition) is 4. The van der Waals surface area contributed by atoms with Gasteiger partial charge in [-0.25, -0.2) is 4.79 Å². The number of benzene rings is 2. The molecular weight excluding hydrogens is 390 g/mol. The SMILES string of the molecule is C=C(C)C(=O)OCC(O)COc1cccc(-c2cc3ccccc3n2CCCCC)c1. The van der Waals surface area contributed by atoms with Crippen LogP contribution in [0.25, 0.3) is 22.2 Å². The van der Waals surface area contributed by atoms with Crippen LogP contribution >= 0.6 is 0 Å². The first kappa shape index (κ1) is 22.6. The van der Waals surface area contributed by atoms with Gasteiger partial charge in [-0.1, -0.05) is 56.7 Å². The third kappa shape index (κ3) is 5.98. The number of fused-ring (bicyclic) bond motifs is 1. The Bertz CT molecular complexity index is 1040. The lowest BCUT2D eigenvalue weighted by molar-refractivity contribution is -0.142. The molecule has 2 aromatic carbocycles. The number of hydrogen-bond donors (Lipinski definition) is 1. The molecule has 1 heterocycles. The summed E-state index contributed by atoms with van der Waals surface area (Å²) in [6.07, 6.45) is 2.60. The number of aromatic nitrogens is 1. The van der Waals surface area contributed by atoms with E-state index in [-0.39, 0.29) is 13.2 Å². The van der Waals surface area contributed by atoms with Crippen LogP contribution in [-0.2, 0) is 16.1 Å². The summed E-state index contributed by atoms with van der Waals surface area (Å²) >= 11 is 0. The van der Waals surface area contributed by atoms with Crippen molar-refractivity contribution in [3.05, 3.63) is 66.7 Å². The average molecular weight is 422 g/mol. The summed E-state index contributed by atoms with van der Waals surface area (Å²) in [6, 6.07) is 18.5. The molecule has 5 heteroatoms. The maximum absolute atomic E-state index is 11.4. The topological polar surface area (TPSA) is 60.7 Å². The molecule has 0 aliphatic rings. The van der Waals surface area contributed by atoms with Gasteiger partial charge in [0, 0.05) is 34.3 Å². The van der Waals surface area contributed by atoms with Crippen LogP contribution in [0.2, 0.25) is 0 Å². The van der Waals surface area contributed by atoms with Crippen LogP contribution in [0.15, 0.2) is 66.7 Å². The smallest absolute Gasteiger partial charge is 0.333 e. The standard InChI is InChI=1S/C26H31NO4/c1-4-5-8-14-27-24-13-7-6-10-21(24)16-25(27)20-11-9-12-23(15-20)30-17-22(28)18-31-26(29)19(2)3/h6-7,9-13,15-16,22,28H,2,4-5,8,14,17-18H2,1,3H3. The lowest BCUT2D eigenvalue weighted by atomic mass is 10.1. The fourth-order valence-electron chi connectivity index (χ4n) is 3.49. The summed E-state index contributed by atoms with van der Waals surface area (Å²) < 4.78 is 13.1. The highest BCUT2D eigenvalue weighted by Crippen LogP contribution is 2.31. The molecule has 5 nitrogen and oxygen atoms in total. The maximum Gasteiger partial charge on any atom is 0.333 e. The van der Waals surface area contributed by atoms with Crippen molar-refractivity contribution in [2.75, 3.05) is 13.2 Å². The predicted octanol–water partition coefficient (Wildman–Crippen LogP) is 5.36. The van der Waals surface area contributed by atoms with Gasteiger partial charge in [-0.05, 0) is 37.6 Å². The molecule has 31 heavy (non-hydrogen) atoms. The molecule has 0 fully saturated rings. The molecule has 1 unspecified atom stereocenters. The highest BCUT2D eigenvalue weighted by Gasteiger charge is 2.13. The first-order valence-electron chi connectivity index (χ1n) is 10.8. The van der Waals surface area contributed by atoms with Crippen molar-refractivity contribution in [2.24, 2.45) is 0 Å². The zero-order chi connectivity index (χ0) is 22.2. The van der Waals surface area contributed by atoms with Crippen molar-refractivity contribution >= 4 is 16.9 Å². The van der Waals surface area contributed by atoms with Crippen molar-refractivity contribution in [3.8, 4) is 17.0 Å². The van der Waals surface area contributed by atoms with E-state index >= 15 is 0 Å². The number of unbranched alkanes of at least 4 members (excludes halogenated alkanes) is 2. The monoisotopic (exact) mass is 421 g/mol. The molecule has 3 rings (SSSR count). The van der Waals surface area contributed by atoms with E-state index in [1.54, 1.807) is 6.92 Å². The molecule has 0 spiro atoms. The Morgan fingerprint density at radius 3 is 2.68 bits per heavy atom. The Balaban J connectivity index is 1.74. The van der Waals surface area contributed by atoms with Gasteiger partial charge in [0.15, 0.2) is 0 Å². The van der Waals surface area contributed by atoms with Crippen molar-refractivity contribution in [3.63, 3.8) is 0 Å². The van der Waals surface area contributed by atoms with E-state index in [0.29, 0.717) is 11.3 Å². The maximum atomic E-state index is 11.4. The van der Waals surface area contributed by atoms with Gasteiger partial charge >= 0.3 is 5.97 Å². The predicted molar refractivity (Wildman–Crippen MR) is 124 cm³/mol. The quantitative estimate of drug-likeness (QED) is 0.257. The summed E-state index contributed by atoms with van der Waals surface area (Å²) in [5, 5.41) is 11.3. The van der Waals surface area contributed by atoms with Crippen LogP contribution in [0.3, 0.4) is 0 Å². The lowest BCUT2D eigenvalue weighted by Crippen LogP contribution is -2.25. The highest BCUT2D eigenvalue weighted by molar-refractivity contribution is 5.87.